The van der Waals surface area contributed by atoms with Crippen LogP contribution in [-0.2, 0) is 21.1 Å². The van der Waals surface area contributed by atoms with E-state index in [4.69, 9.17) is 4.98 Å². The lowest BCUT2D eigenvalue weighted by molar-refractivity contribution is 0.690. The van der Waals surface area contributed by atoms with Gasteiger partial charge in [0, 0.05) is 21.1 Å². The SMILES string of the molecule is Cn1c(=O)c2c(nc(C(c3ccccc3)C(Br)c3ccccc3)n2C)n(C)c1=O. The van der Waals surface area contributed by atoms with Crippen LogP contribution in [0.5, 0.6) is 0 Å². The third kappa shape index (κ3) is 3.15. The molecule has 2 aromatic heterocycles. The van der Waals surface area contributed by atoms with Crippen LogP contribution in [0, 0.1) is 0 Å². The minimum atomic E-state index is -0.387. The van der Waals surface area contributed by atoms with E-state index >= 15 is 0 Å². The van der Waals surface area contributed by atoms with Gasteiger partial charge in [0.2, 0.25) is 0 Å². The number of hydrogen-bond acceptors (Lipinski definition) is 3. The molecule has 148 valence electrons. The van der Waals surface area contributed by atoms with Gasteiger partial charge in [-0.05, 0) is 11.1 Å². The minimum absolute atomic E-state index is 0.0671. The summed E-state index contributed by atoms with van der Waals surface area (Å²) in [6, 6.07) is 20.2. The molecule has 0 aliphatic carbocycles. The van der Waals surface area contributed by atoms with Crippen molar-refractivity contribution in [2.75, 3.05) is 0 Å². The lowest BCUT2D eigenvalue weighted by Crippen LogP contribution is -2.37. The number of fused-ring (bicyclic) bond motifs is 1. The molecule has 0 spiro atoms. The Morgan fingerprint density at radius 2 is 1.34 bits per heavy atom. The van der Waals surface area contributed by atoms with E-state index in [1.807, 2.05) is 48.0 Å². The summed E-state index contributed by atoms with van der Waals surface area (Å²) in [6.07, 6.45) is 0. The fraction of sp³-hybridized carbons (Fsp3) is 0.227. The quantitative estimate of drug-likeness (QED) is 0.446. The largest absolute Gasteiger partial charge is 0.332 e. The Kier molecular flexibility index (Phi) is 5.00. The van der Waals surface area contributed by atoms with E-state index in [0.29, 0.717) is 11.2 Å². The van der Waals surface area contributed by atoms with Gasteiger partial charge in [0.1, 0.15) is 5.82 Å². The maximum Gasteiger partial charge on any atom is 0.332 e. The average molecular weight is 453 g/mol. The first-order valence-corrected chi connectivity index (χ1v) is 10.2. The number of aromatic nitrogens is 4. The first-order valence-electron chi connectivity index (χ1n) is 9.28. The van der Waals surface area contributed by atoms with Crippen molar-refractivity contribution in [2.24, 2.45) is 21.1 Å². The molecular formula is C22H21BrN4O2. The zero-order valence-corrected chi connectivity index (χ0v) is 18.0. The number of alkyl halides is 1. The third-order valence-electron chi connectivity index (χ3n) is 5.36. The van der Waals surface area contributed by atoms with Gasteiger partial charge in [-0.2, -0.15) is 0 Å². The molecule has 2 aromatic carbocycles. The van der Waals surface area contributed by atoms with Gasteiger partial charge >= 0.3 is 5.69 Å². The fourth-order valence-corrected chi connectivity index (χ4v) is 4.60. The van der Waals surface area contributed by atoms with Crippen LogP contribution >= 0.6 is 15.9 Å². The molecule has 6 nitrogen and oxygen atoms in total. The van der Waals surface area contributed by atoms with Gasteiger partial charge in [-0.15, -0.1) is 0 Å². The standard InChI is InChI=1S/C22H21BrN4O2/c1-25-18-20(26(2)22(29)27(3)21(18)28)24-19(25)16(14-10-6-4-7-11-14)17(23)15-12-8-5-9-13-15/h4-13,16-17H,1-3H3. The first-order chi connectivity index (χ1) is 13.9. The second kappa shape index (κ2) is 7.48. The summed E-state index contributed by atoms with van der Waals surface area (Å²) >= 11 is 3.88. The van der Waals surface area contributed by atoms with E-state index < -0.39 is 0 Å². The summed E-state index contributed by atoms with van der Waals surface area (Å²) in [6.45, 7) is 0. The highest BCUT2D eigenvalue weighted by molar-refractivity contribution is 9.09. The van der Waals surface area contributed by atoms with Gasteiger partial charge in [0.25, 0.3) is 5.56 Å². The van der Waals surface area contributed by atoms with Crippen molar-refractivity contribution in [1.82, 2.24) is 18.7 Å². The van der Waals surface area contributed by atoms with Gasteiger partial charge in [-0.25, -0.2) is 9.78 Å². The maximum absolute atomic E-state index is 12.8. The van der Waals surface area contributed by atoms with E-state index in [1.54, 1.807) is 7.05 Å². The number of hydrogen-bond donors (Lipinski definition) is 0. The van der Waals surface area contributed by atoms with Crippen LogP contribution in [0.4, 0.5) is 0 Å². The topological polar surface area (TPSA) is 61.8 Å². The van der Waals surface area contributed by atoms with E-state index in [0.717, 1.165) is 21.5 Å². The molecular weight excluding hydrogens is 432 g/mol. The number of aryl methyl sites for hydroxylation is 2. The molecule has 0 bridgehead atoms. The molecule has 4 aromatic rings. The van der Waals surface area contributed by atoms with Crippen molar-refractivity contribution < 1.29 is 0 Å². The highest BCUT2D eigenvalue weighted by atomic mass is 79.9. The van der Waals surface area contributed by atoms with Gasteiger partial charge < -0.3 is 4.57 Å². The van der Waals surface area contributed by atoms with Crippen molar-refractivity contribution in [3.05, 3.63) is 98.5 Å². The molecule has 0 amide bonds. The molecule has 4 rings (SSSR count). The van der Waals surface area contributed by atoms with Crippen molar-refractivity contribution >= 4 is 27.1 Å². The highest BCUT2D eigenvalue weighted by Gasteiger charge is 2.30. The molecule has 7 heteroatoms. The van der Waals surface area contributed by atoms with Crippen LogP contribution in [0.15, 0.2) is 70.3 Å². The molecule has 0 fully saturated rings. The van der Waals surface area contributed by atoms with Crippen molar-refractivity contribution in [3.63, 3.8) is 0 Å². The van der Waals surface area contributed by atoms with Gasteiger partial charge in [0.15, 0.2) is 11.2 Å². The van der Waals surface area contributed by atoms with Gasteiger partial charge in [-0.3, -0.25) is 13.9 Å². The number of nitrogens with zero attached hydrogens (tertiary/aromatic N) is 4. The van der Waals surface area contributed by atoms with Crippen LogP contribution in [-0.4, -0.2) is 18.7 Å². The summed E-state index contributed by atoms with van der Waals surface area (Å²) in [7, 11) is 4.96. The van der Waals surface area contributed by atoms with Crippen molar-refractivity contribution in [3.8, 4) is 0 Å². The van der Waals surface area contributed by atoms with Crippen LogP contribution < -0.4 is 11.2 Å². The Morgan fingerprint density at radius 1 is 0.793 bits per heavy atom. The predicted octanol–water partition coefficient (Wildman–Crippen LogP) is 3.24. The Labute approximate surface area is 176 Å². The van der Waals surface area contributed by atoms with Crippen LogP contribution in [0.25, 0.3) is 11.2 Å². The van der Waals surface area contributed by atoms with Crippen molar-refractivity contribution in [1.29, 1.82) is 0 Å². The second-order valence-corrected chi connectivity index (χ2v) is 8.09. The Morgan fingerprint density at radius 3 is 1.93 bits per heavy atom. The lowest BCUT2D eigenvalue weighted by atomic mass is 9.91. The molecule has 2 unspecified atom stereocenters. The van der Waals surface area contributed by atoms with E-state index in [1.165, 1.54) is 11.6 Å². The third-order valence-corrected chi connectivity index (χ3v) is 6.41. The van der Waals surface area contributed by atoms with E-state index in [2.05, 4.69) is 40.2 Å². The highest BCUT2D eigenvalue weighted by Crippen LogP contribution is 2.42. The fourth-order valence-electron chi connectivity index (χ4n) is 3.75. The molecule has 0 aliphatic heterocycles. The number of rotatable bonds is 4. The number of halogens is 1. The van der Waals surface area contributed by atoms with E-state index in [9.17, 15) is 9.59 Å². The Bertz CT molecular complexity index is 1290. The molecule has 2 heterocycles. The molecule has 0 saturated heterocycles. The summed E-state index contributed by atoms with van der Waals surface area (Å²) in [4.78, 5) is 29.9. The van der Waals surface area contributed by atoms with Crippen molar-refractivity contribution in [2.45, 2.75) is 10.7 Å². The zero-order chi connectivity index (χ0) is 20.7. The molecule has 2 atom stereocenters. The first kappa shape index (κ1) is 19.4. The molecule has 0 N–H and O–H groups in total. The average Bonchev–Trinajstić information content (AvgIpc) is 3.09. The second-order valence-electron chi connectivity index (χ2n) is 7.11. The van der Waals surface area contributed by atoms with Crippen LogP contribution in [0.2, 0.25) is 0 Å². The Hall–Kier alpha value is -2.93. The zero-order valence-electron chi connectivity index (χ0n) is 16.4. The van der Waals surface area contributed by atoms with Gasteiger partial charge in [-0.1, -0.05) is 76.6 Å². The lowest BCUT2D eigenvalue weighted by Gasteiger charge is -2.23. The summed E-state index contributed by atoms with van der Waals surface area (Å²) in [5.41, 5.74) is 2.25. The van der Waals surface area contributed by atoms with Crippen LogP contribution in [0.1, 0.15) is 27.7 Å². The summed E-state index contributed by atoms with van der Waals surface area (Å²) in [5, 5.41) is 0. The monoisotopic (exact) mass is 452 g/mol. The molecule has 0 aliphatic rings. The summed E-state index contributed by atoms with van der Waals surface area (Å²) < 4.78 is 4.36. The minimum Gasteiger partial charge on any atom is -0.325 e. The molecule has 0 saturated carbocycles. The molecule has 0 radical (unpaired) electrons. The number of imidazole rings is 1. The van der Waals surface area contributed by atoms with E-state index in [-0.39, 0.29) is 22.0 Å². The maximum atomic E-state index is 12.8. The smallest absolute Gasteiger partial charge is 0.325 e. The number of benzene rings is 2. The normalized spacial score (nSPS) is 13.5. The Balaban J connectivity index is 2.02. The summed E-state index contributed by atoms with van der Waals surface area (Å²) in [5.74, 6) is 0.561. The molecule has 29 heavy (non-hydrogen) atoms. The van der Waals surface area contributed by atoms with Gasteiger partial charge in [0.05, 0.1) is 10.7 Å². The predicted molar refractivity (Wildman–Crippen MR) is 118 cm³/mol. The van der Waals surface area contributed by atoms with Crippen LogP contribution in [0.3, 0.4) is 0 Å².